The summed E-state index contributed by atoms with van der Waals surface area (Å²) in [6, 6.07) is 7.67. The first-order valence-electron chi connectivity index (χ1n) is 8.46. The third-order valence-corrected chi connectivity index (χ3v) is 4.18. The highest BCUT2D eigenvalue weighted by Crippen LogP contribution is 2.21. The van der Waals surface area contributed by atoms with E-state index in [-0.39, 0.29) is 11.8 Å². The number of hydrogen-bond acceptors (Lipinski definition) is 3. The molecule has 1 aromatic carbocycles. The topological polar surface area (TPSA) is 67.2 Å². The SMILES string of the molecule is Cn1cc(CCNC(=O)/C=C/c2ccc(N3CCCC3=O)cc2)cn1. The summed E-state index contributed by atoms with van der Waals surface area (Å²) in [5, 5.41) is 6.95. The third kappa shape index (κ3) is 4.56. The Bertz CT molecular complexity index is 777. The van der Waals surface area contributed by atoms with Gasteiger partial charge in [-0.25, -0.2) is 0 Å². The Hall–Kier alpha value is -2.89. The minimum Gasteiger partial charge on any atom is -0.352 e. The molecule has 3 rings (SSSR count). The number of hydrogen-bond donors (Lipinski definition) is 1. The molecule has 0 spiro atoms. The number of benzene rings is 1. The van der Waals surface area contributed by atoms with Crippen molar-refractivity contribution in [3.8, 4) is 0 Å². The standard InChI is InChI=1S/C19H22N4O2/c1-22-14-16(13-21-22)10-11-20-18(24)9-6-15-4-7-17(8-5-15)23-12-2-3-19(23)25/h4-9,13-14H,2-3,10-12H2,1H3,(H,20,24)/b9-6+. The van der Waals surface area contributed by atoms with Crippen molar-refractivity contribution >= 4 is 23.6 Å². The van der Waals surface area contributed by atoms with Crippen LogP contribution in [-0.4, -0.2) is 34.7 Å². The van der Waals surface area contributed by atoms with Gasteiger partial charge in [0.25, 0.3) is 0 Å². The number of rotatable bonds is 6. The molecule has 1 saturated heterocycles. The first-order valence-corrected chi connectivity index (χ1v) is 8.46. The van der Waals surface area contributed by atoms with Gasteiger partial charge in [-0.05, 0) is 42.2 Å². The molecule has 0 bridgehead atoms. The van der Waals surface area contributed by atoms with Crippen LogP contribution in [0.5, 0.6) is 0 Å². The fourth-order valence-electron chi connectivity index (χ4n) is 2.85. The Morgan fingerprint density at radius 2 is 2.12 bits per heavy atom. The molecule has 1 N–H and O–H groups in total. The van der Waals surface area contributed by atoms with Crippen LogP contribution in [0.25, 0.3) is 6.08 Å². The van der Waals surface area contributed by atoms with E-state index in [0.29, 0.717) is 13.0 Å². The highest BCUT2D eigenvalue weighted by atomic mass is 16.2. The lowest BCUT2D eigenvalue weighted by Gasteiger charge is -2.15. The van der Waals surface area contributed by atoms with Crippen molar-refractivity contribution in [3.63, 3.8) is 0 Å². The van der Waals surface area contributed by atoms with Gasteiger partial charge in [-0.1, -0.05) is 12.1 Å². The molecule has 2 amide bonds. The molecule has 0 aliphatic carbocycles. The van der Waals surface area contributed by atoms with E-state index in [4.69, 9.17) is 0 Å². The second kappa shape index (κ2) is 7.79. The molecule has 1 fully saturated rings. The van der Waals surface area contributed by atoms with Crippen molar-refractivity contribution in [1.29, 1.82) is 0 Å². The number of carbonyl (C=O) groups excluding carboxylic acids is 2. The van der Waals surface area contributed by atoms with Crippen molar-refractivity contribution < 1.29 is 9.59 Å². The molecule has 0 atom stereocenters. The Labute approximate surface area is 147 Å². The van der Waals surface area contributed by atoms with E-state index in [0.717, 1.165) is 36.2 Å². The Morgan fingerprint density at radius 1 is 1.32 bits per heavy atom. The van der Waals surface area contributed by atoms with E-state index in [9.17, 15) is 9.59 Å². The van der Waals surface area contributed by atoms with Crippen LogP contribution in [-0.2, 0) is 23.1 Å². The van der Waals surface area contributed by atoms with Crippen LogP contribution < -0.4 is 10.2 Å². The van der Waals surface area contributed by atoms with Crippen LogP contribution in [0.3, 0.4) is 0 Å². The molecule has 1 aliphatic heterocycles. The lowest BCUT2D eigenvalue weighted by Crippen LogP contribution is -2.23. The van der Waals surface area contributed by atoms with Crippen molar-refractivity contribution in [2.75, 3.05) is 18.0 Å². The summed E-state index contributed by atoms with van der Waals surface area (Å²) in [6.07, 6.45) is 9.34. The third-order valence-electron chi connectivity index (χ3n) is 4.18. The number of nitrogens with zero attached hydrogens (tertiary/aromatic N) is 3. The Kier molecular flexibility index (Phi) is 5.28. The van der Waals surface area contributed by atoms with Crippen LogP contribution in [0.2, 0.25) is 0 Å². The molecule has 2 heterocycles. The van der Waals surface area contributed by atoms with E-state index in [2.05, 4.69) is 10.4 Å². The van der Waals surface area contributed by atoms with E-state index in [1.54, 1.807) is 21.9 Å². The maximum atomic E-state index is 11.9. The van der Waals surface area contributed by atoms with Gasteiger partial charge >= 0.3 is 0 Å². The maximum Gasteiger partial charge on any atom is 0.244 e. The molecule has 0 unspecified atom stereocenters. The molecule has 2 aromatic rings. The van der Waals surface area contributed by atoms with Gasteiger partial charge < -0.3 is 10.2 Å². The molecule has 130 valence electrons. The molecule has 1 aromatic heterocycles. The minimum absolute atomic E-state index is 0.123. The van der Waals surface area contributed by atoms with Gasteiger partial charge in [0.05, 0.1) is 6.20 Å². The predicted molar refractivity (Wildman–Crippen MR) is 97.0 cm³/mol. The summed E-state index contributed by atoms with van der Waals surface area (Å²) < 4.78 is 1.75. The zero-order valence-electron chi connectivity index (χ0n) is 14.3. The minimum atomic E-state index is -0.123. The van der Waals surface area contributed by atoms with Gasteiger partial charge in [-0.15, -0.1) is 0 Å². The number of nitrogens with one attached hydrogen (secondary N) is 1. The van der Waals surface area contributed by atoms with Crippen molar-refractivity contribution in [3.05, 3.63) is 53.9 Å². The van der Waals surface area contributed by atoms with E-state index in [1.165, 1.54) is 6.08 Å². The van der Waals surface area contributed by atoms with Crippen molar-refractivity contribution in [2.24, 2.45) is 7.05 Å². The van der Waals surface area contributed by atoms with Crippen molar-refractivity contribution in [1.82, 2.24) is 15.1 Å². The monoisotopic (exact) mass is 338 g/mol. The second-order valence-electron chi connectivity index (χ2n) is 6.14. The number of aryl methyl sites for hydroxylation is 1. The van der Waals surface area contributed by atoms with Gasteiger partial charge in [0.15, 0.2) is 0 Å². The smallest absolute Gasteiger partial charge is 0.244 e. The molecule has 1 aliphatic rings. The molecular formula is C19H22N4O2. The number of carbonyl (C=O) groups is 2. The first kappa shape index (κ1) is 17.0. The largest absolute Gasteiger partial charge is 0.352 e. The van der Waals surface area contributed by atoms with Gasteiger partial charge in [0, 0.05) is 44.5 Å². The van der Waals surface area contributed by atoms with E-state index in [1.807, 2.05) is 37.5 Å². The number of amides is 2. The molecule has 6 heteroatoms. The average molecular weight is 338 g/mol. The maximum absolute atomic E-state index is 11.9. The highest BCUT2D eigenvalue weighted by molar-refractivity contribution is 5.95. The fourth-order valence-corrected chi connectivity index (χ4v) is 2.85. The van der Waals surface area contributed by atoms with Crippen LogP contribution in [0.1, 0.15) is 24.0 Å². The summed E-state index contributed by atoms with van der Waals surface area (Å²) in [5.41, 5.74) is 2.94. The summed E-state index contributed by atoms with van der Waals surface area (Å²) in [5.74, 6) is 0.0546. The number of anilines is 1. The summed E-state index contributed by atoms with van der Waals surface area (Å²) in [4.78, 5) is 25.4. The molecule has 0 saturated carbocycles. The van der Waals surface area contributed by atoms with Gasteiger partial charge in [-0.3, -0.25) is 14.3 Å². The van der Waals surface area contributed by atoms with Crippen molar-refractivity contribution in [2.45, 2.75) is 19.3 Å². The highest BCUT2D eigenvalue weighted by Gasteiger charge is 2.21. The Balaban J connectivity index is 1.47. The van der Waals surface area contributed by atoms with Gasteiger partial charge in [-0.2, -0.15) is 5.10 Å². The molecule has 6 nitrogen and oxygen atoms in total. The van der Waals surface area contributed by atoms with Gasteiger partial charge in [0.2, 0.25) is 11.8 Å². The van der Waals surface area contributed by atoms with Crippen LogP contribution in [0.15, 0.2) is 42.7 Å². The lowest BCUT2D eigenvalue weighted by molar-refractivity contribution is -0.117. The first-order chi connectivity index (χ1) is 12.1. The molecular weight excluding hydrogens is 316 g/mol. The zero-order valence-corrected chi connectivity index (χ0v) is 14.3. The van der Waals surface area contributed by atoms with Crippen LogP contribution in [0, 0.1) is 0 Å². The van der Waals surface area contributed by atoms with E-state index < -0.39 is 0 Å². The average Bonchev–Trinajstić information content (AvgIpc) is 3.22. The normalized spacial score (nSPS) is 14.4. The lowest BCUT2D eigenvalue weighted by atomic mass is 10.2. The summed E-state index contributed by atoms with van der Waals surface area (Å²) in [6.45, 7) is 1.36. The summed E-state index contributed by atoms with van der Waals surface area (Å²) in [7, 11) is 1.87. The predicted octanol–water partition coefficient (Wildman–Crippen LogP) is 1.92. The second-order valence-corrected chi connectivity index (χ2v) is 6.14. The van der Waals surface area contributed by atoms with Crippen LogP contribution >= 0.6 is 0 Å². The van der Waals surface area contributed by atoms with Crippen LogP contribution in [0.4, 0.5) is 5.69 Å². The number of aromatic nitrogens is 2. The zero-order chi connectivity index (χ0) is 17.6. The molecule has 0 radical (unpaired) electrons. The quantitative estimate of drug-likeness (QED) is 0.818. The fraction of sp³-hybridized carbons (Fsp3) is 0.316. The molecule has 25 heavy (non-hydrogen) atoms. The Morgan fingerprint density at radius 3 is 2.76 bits per heavy atom. The van der Waals surface area contributed by atoms with E-state index >= 15 is 0 Å². The summed E-state index contributed by atoms with van der Waals surface area (Å²) >= 11 is 0. The van der Waals surface area contributed by atoms with Gasteiger partial charge in [0.1, 0.15) is 0 Å².